The average Bonchev–Trinajstić information content (AvgIpc) is 3.15. The highest BCUT2D eigenvalue weighted by molar-refractivity contribution is 5.92. The van der Waals surface area contributed by atoms with E-state index in [4.69, 9.17) is 0 Å². The van der Waals surface area contributed by atoms with Crippen molar-refractivity contribution >= 4 is 5.91 Å². The number of amides is 1. The van der Waals surface area contributed by atoms with Crippen molar-refractivity contribution in [3.8, 4) is 0 Å². The van der Waals surface area contributed by atoms with Crippen LogP contribution < -0.4 is 10.6 Å². The molecule has 1 fully saturated rings. The number of nitrogens with one attached hydrogen (secondary N) is 2. The summed E-state index contributed by atoms with van der Waals surface area (Å²) >= 11 is 0. The van der Waals surface area contributed by atoms with Crippen molar-refractivity contribution < 1.29 is 9.18 Å². The van der Waals surface area contributed by atoms with E-state index in [1.165, 1.54) is 12.1 Å². The van der Waals surface area contributed by atoms with Crippen LogP contribution in [-0.4, -0.2) is 53.8 Å². The van der Waals surface area contributed by atoms with Crippen molar-refractivity contribution in [1.82, 2.24) is 25.3 Å². The first-order valence-electron chi connectivity index (χ1n) is 9.09. The smallest absolute Gasteiger partial charge is 0.271 e. The molecular formula is C19H26FN5O. The van der Waals surface area contributed by atoms with Gasteiger partial charge in [0.05, 0.1) is 6.04 Å². The topological polar surface area (TPSA) is 62.2 Å². The third-order valence-electron chi connectivity index (χ3n) is 4.63. The summed E-state index contributed by atoms with van der Waals surface area (Å²) in [4.78, 5) is 14.3. The molecule has 3 rings (SSSR count). The minimum atomic E-state index is -0.230. The number of hydrogen-bond acceptors (Lipinski definition) is 4. The maximum absolute atomic E-state index is 12.9. The number of nitrogens with zero attached hydrogens (tertiary/aromatic N) is 3. The van der Waals surface area contributed by atoms with E-state index in [0.717, 1.165) is 31.5 Å². The Morgan fingerprint density at radius 3 is 2.92 bits per heavy atom. The first-order chi connectivity index (χ1) is 12.6. The number of halogens is 1. The Kier molecular flexibility index (Phi) is 6.35. The van der Waals surface area contributed by atoms with E-state index in [1.807, 2.05) is 17.9 Å². The maximum atomic E-state index is 12.9. The fourth-order valence-electron chi connectivity index (χ4n) is 3.15. The minimum Gasteiger partial charge on any atom is -0.349 e. The summed E-state index contributed by atoms with van der Waals surface area (Å²) in [6.45, 7) is 3.90. The quantitative estimate of drug-likeness (QED) is 0.792. The second-order valence-electron chi connectivity index (χ2n) is 6.80. The van der Waals surface area contributed by atoms with Gasteiger partial charge in [-0.1, -0.05) is 12.1 Å². The Morgan fingerprint density at radius 1 is 1.38 bits per heavy atom. The van der Waals surface area contributed by atoms with E-state index >= 15 is 0 Å². The number of aromatic nitrogens is 2. The highest BCUT2D eigenvalue weighted by atomic mass is 19.1. The lowest BCUT2D eigenvalue weighted by atomic mass is 10.1. The van der Waals surface area contributed by atoms with Gasteiger partial charge in [0.2, 0.25) is 0 Å². The predicted molar refractivity (Wildman–Crippen MR) is 98.4 cm³/mol. The van der Waals surface area contributed by atoms with E-state index in [-0.39, 0.29) is 11.7 Å². The Hall–Kier alpha value is -2.25. The Morgan fingerprint density at radius 2 is 2.19 bits per heavy atom. The minimum absolute atomic E-state index is 0.150. The van der Waals surface area contributed by atoms with E-state index in [9.17, 15) is 9.18 Å². The molecule has 1 saturated heterocycles. The lowest BCUT2D eigenvalue weighted by molar-refractivity contribution is 0.0943. The van der Waals surface area contributed by atoms with Crippen molar-refractivity contribution in [2.45, 2.75) is 25.4 Å². The lowest BCUT2D eigenvalue weighted by Crippen LogP contribution is -2.34. The van der Waals surface area contributed by atoms with Crippen molar-refractivity contribution in [3.63, 3.8) is 0 Å². The number of hydrogen-bond donors (Lipinski definition) is 2. The summed E-state index contributed by atoms with van der Waals surface area (Å²) in [5, 5.41) is 10.7. The van der Waals surface area contributed by atoms with Crippen LogP contribution in [-0.2, 0) is 6.54 Å². The van der Waals surface area contributed by atoms with Gasteiger partial charge >= 0.3 is 0 Å². The number of carbonyl (C=O) groups is 1. The van der Waals surface area contributed by atoms with Crippen LogP contribution in [0.4, 0.5) is 4.39 Å². The van der Waals surface area contributed by atoms with Crippen LogP contribution in [0.5, 0.6) is 0 Å². The summed E-state index contributed by atoms with van der Waals surface area (Å²) in [7, 11) is 1.97. The largest absolute Gasteiger partial charge is 0.349 e. The summed E-state index contributed by atoms with van der Waals surface area (Å²) in [5.74, 6) is -0.380. The fourth-order valence-corrected chi connectivity index (χ4v) is 3.15. The number of likely N-dealkylation sites (N-methyl/N-ethyl adjacent to an activating group) is 1. The zero-order valence-corrected chi connectivity index (χ0v) is 15.1. The maximum Gasteiger partial charge on any atom is 0.271 e. The van der Waals surface area contributed by atoms with Crippen molar-refractivity contribution in [1.29, 1.82) is 0 Å². The van der Waals surface area contributed by atoms with Gasteiger partial charge in [-0.05, 0) is 50.2 Å². The van der Waals surface area contributed by atoms with E-state index in [2.05, 4.69) is 20.6 Å². The standard InChI is InChI=1S/C19H26FN5O/c1-24(14-15-4-6-16(20)7-5-15)12-10-22-19(26)18-8-11-25(23-18)17-3-2-9-21-13-17/h4-8,11,17,21H,2-3,9-10,12-14H2,1H3,(H,22,26). The number of piperidine rings is 1. The summed E-state index contributed by atoms with van der Waals surface area (Å²) < 4.78 is 14.8. The molecule has 1 amide bonds. The first kappa shape index (κ1) is 18.5. The summed E-state index contributed by atoms with van der Waals surface area (Å²) in [5.41, 5.74) is 1.50. The number of benzene rings is 1. The predicted octanol–water partition coefficient (Wildman–Crippen LogP) is 1.81. The van der Waals surface area contributed by atoms with Gasteiger partial charge in [0, 0.05) is 32.4 Å². The van der Waals surface area contributed by atoms with E-state index < -0.39 is 0 Å². The molecule has 6 nitrogen and oxygen atoms in total. The first-order valence-corrected chi connectivity index (χ1v) is 9.09. The zero-order valence-electron chi connectivity index (χ0n) is 15.1. The molecule has 0 saturated carbocycles. The van der Waals surface area contributed by atoms with Gasteiger partial charge in [-0.3, -0.25) is 9.48 Å². The van der Waals surface area contributed by atoms with E-state index in [1.54, 1.807) is 18.2 Å². The average molecular weight is 359 g/mol. The Balaban J connectivity index is 1.42. The second-order valence-corrected chi connectivity index (χ2v) is 6.80. The van der Waals surface area contributed by atoms with Crippen LogP contribution in [0.3, 0.4) is 0 Å². The molecule has 1 unspecified atom stereocenters. The molecule has 2 aromatic rings. The van der Waals surface area contributed by atoms with Gasteiger partial charge in [-0.15, -0.1) is 0 Å². The van der Waals surface area contributed by atoms with Gasteiger partial charge in [0.1, 0.15) is 11.5 Å². The van der Waals surface area contributed by atoms with Crippen LogP contribution in [0.1, 0.15) is 34.9 Å². The molecule has 0 aliphatic carbocycles. The highest BCUT2D eigenvalue weighted by Crippen LogP contribution is 2.15. The number of rotatable bonds is 7. The molecule has 2 heterocycles. The molecule has 0 radical (unpaired) electrons. The second kappa shape index (κ2) is 8.91. The third-order valence-corrected chi connectivity index (χ3v) is 4.63. The number of carbonyl (C=O) groups excluding carboxylic acids is 1. The Bertz CT molecular complexity index is 709. The zero-order chi connectivity index (χ0) is 18.4. The van der Waals surface area contributed by atoms with Crippen molar-refractivity contribution in [2.24, 2.45) is 0 Å². The van der Waals surface area contributed by atoms with Gasteiger partial charge in [-0.2, -0.15) is 5.10 Å². The molecule has 7 heteroatoms. The normalized spacial score (nSPS) is 17.4. The molecule has 140 valence electrons. The fraction of sp³-hybridized carbons (Fsp3) is 0.474. The van der Waals surface area contributed by atoms with Gasteiger partial charge in [0.25, 0.3) is 5.91 Å². The molecule has 0 spiro atoms. The third kappa shape index (κ3) is 5.12. The molecular weight excluding hydrogens is 333 g/mol. The molecule has 2 N–H and O–H groups in total. The molecule has 1 aliphatic rings. The van der Waals surface area contributed by atoms with E-state index in [0.29, 0.717) is 31.4 Å². The molecule has 26 heavy (non-hydrogen) atoms. The van der Waals surface area contributed by atoms with Gasteiger partial charge in [0.15, 0.2) is 0 Å². The molecule has 1 atom stereocenters. The summed E-state index contributed by atoms with van der Waals surface area (Å²) in [6.07, 6.45) is 4.10. The van der Waals surface area contributed by atoms with Crippen LogP contribution >= 0.6 is 0 Å². The highest BCUT2D eigenvalue weighted by Gasteiger charge is 2.17. The van der Waals surface area contributed by atoms with Gasteiger partial charge in [-0.25, -0.2) is 4.39 Å². The molecule has 0 bridgehead atoms. The Labute approximate surface area is 153 Å². The van der Waals surface area contributed by atoms with Crippen LogP contribution in [0, 0.1) is 5.82 Å². The molecule has 1 aliphatic heterocycles. The van der Waals surface area contributed by atoms with Crippen molar-refractivity contribution in [3.05, 3.63) is 53.6 Å². The lowest BCUT2D eigenvalue weighted by Gasteiger charge is -2.22. The van der Waals surface area contributed by atoms with Crippen molar-refractivity contribution in [2.75, 3.05) is 33.2 Å². The molecule has 1 aromatic heterocycles. The van der Waals surface area contributed by atoms with Crippen LogP contribution in [0.2, 0.25) is 0 Å². The summed E-state index contributed by atoms with van der Waals surface area (Å²) in [6, 6.07) is 8.57. The van der Waals surface area contributed by atoms with Gasteiger partial charge < -0.3 is 15.5 Å². The monoisotopic (exact) mass is 359 g/mol. The van der Waals surface area contributed by atoms with Crippen LogP contribution in [0.25, 0.3) is 0 Å². The SMILES string of the molecule is CN(CCNC(=O)c1ccn(C2CCCNC2)n1)Cc1ccc(F)cc1. The molecule has 1 aromatic carbocycles. The van der Waals surface area contributed by atoms with Crippen LogP contribution in [0.15, 0.2) is 36.5 Å².